The molecular weight excluding hydrogens is 286 g/mol. The number of likely N-dealkylation sites (N-methyl/N-ethyl adjacent to an activating group) is 1. The van der Waals surface area contributed by atoms with Crippen LogP contribution in [0.2, 0.25) is 5.02 Å². The molecule has 0 fully saturated rings. The number of nitrogens with zero attached hydrogens (tertiary/aromatic N) is 2. The Morgan fingerprint density at radius 1 is 1.48 bits per heavy atom. The van der Waals surface area contributed by atoms with E-state index >= 15 is 0 Å². The molecule has 5 heteroatoms. The molecule has 0 spiro atoms. The highest BCUT2D eigenvalue weighted by molar-refractivity contribution is 6.31. The van der Waals surface area contributed by atoms with Gasteiger partial charge in [0.25, 0.3) is 0 Å². The number of hydrogen-bond donors (Lipinski definition) is 1. The van der Waals surface area contributed by atoms with E-state index in [0.717, 1.165) is 17.1 Å². The zero-order valence-corrected chi connectivity index (χ0v) is 13.1. The van der Waals surface area contributed by atoms with E-state index in [0.29, 0.717) is 19.1 Å². The monoisotopic (exact) mass is 305 g/mol. The van der Waals surface area contributed by atoms with Crippen molar-refractivity contribution in [1.82, 2.24) is 15.1 Å². The Balaban J connectivity index is 1.90. The van der Waals surface area contributed by atoms with Gasteiger partial charge in [0.05, 0.1) is 36.1 Å². The summed E-state index contributed by atoms with van der Waals surface area (Å²) in [5, 5.41) is 8.52. The molecule has 112 valence electrons. The second-order valence-corrected chi connectivity index (χ2v) is 5.78. The number of aromatic nitrogens is 2. The minimum Gasteiger partial charge on any atom is -0.383 e. The minimum atomic E-state index is 0.173. The highest BCUT2D eigenvalue weighted by atomic mass is 35.5. The first-order valence-electron chi connectivity index (χ1n) is 7.21. The van der Waals surface area contributed by atoms with Gasteiger partial charge < -0.3 is 10.1 Å². The first-order chi connectivity index (χ1) is 10.3. The van der Waals surface area contributed by atoms with E-state index < -0.39 is 0 Å². The molecule has 3 rings (SSSR count). The van der Waals surface area contributed by atoms with E-state index in [4.69, 9.17) is 16.3 Å². The fraction of sp³-hybridized carbons (Fsp3) is 0.438. The molecule has 1 aliphatic rings. The van der Waals surface area contributed by atoms with Gasteiger partial charge in [-0.25, -0.2) is 0 Å². The van der Waals surface area contributed by atoms with Gasteiger partial charge >= 0.3 is 0 Å². The van der Waals surface area contributed by atoms with Crippen LogP contribution in [-0.4, -0.2) is 30.5 Å². The molecule has 2 aromatic rings. The highest BCUT2D eigenvalue weighted by Gasteiger charge is 2.35. The van der Waals surface area contributed by atoms with Crippen molar-refractivity contribution in [2.24, 2.45) is 0 Å². The van der Waals surface area contributed by atoms with Gasteiger partial charge in [-0.05, 0) is 24.6 Å². The van der Waals surface area contributed by atoms with E-state index in [-0.39, 0.29) is 6.04 Å². The van der Waals surface area contributed by atoms with Crippen molar-refractivity contribution in [3.63, 3.8) is 0 Å². The molecule has 0 saturated heterocycles. The van der Waals surface area contributed by atoms with Crippen molar-refractivity contribution in [1.29, 1.82) is 0 Å². The minimum absolute atomic E-state index is 0.173. The standard InChI is InChI=1S/C16H20ClN3O/c1-18-15(13-9-11-5-3-4-6-12(11)13)16-14(17)10-19-20(16)7-8-21-2/h3-6,10,13,15,18H,7-9H2,1-2H3. The average molecular weight is 306 g/mol. The van der Waals surface area contributed by atoms with Crippen LogP contribution in [0.5, 0.6) is 0 Å². The Morgan fingerprint density at radius 2 is 2.29 bits per heavy atom. The maximum Gasteiger partial charge on any atom is 0.0834 e. The zero-order valence-electron chi connectivity index (χ0n) is 12.3. The molecule has 1 aromatic heterocycles. The number of methoxy groups -OCH3 is 1. The molecule has 0 amide bonds. The summed E-state index contributed by atoms with van der Waals surface area (Å²) in [6.07, 6.45) is 2.80. The van der Waals surface area contributed by atoms with Gasteiger partial charge in [0.1, 0.15) is 0 Å². The molecule has 0 aliphatic heterocycles. The van der Waals surface area contributed by atoms with Gasteiger partial charge in [0.2, 0.25) is 0 Å². The maximum absolute atomic E-state index is 6.39. The molecule has 1 N–H and O–H groups in total. The van der Waals surface area contributed by atoms with Gasteiger partial charge in [-0.1, -0.05) is 35.9 Å². The molecule has 0 saturated carbocycles. The zero-order chi connectivity index (χ0) is 14.8. The van der Waals surface area contributed by atoms with Crippen LogP contribution in [-0.2, 0) is 17.7 Å². The Kier molecular flexibility index (Phi) is 4.29. The lowest BCUT2D eigenvalue weighted by atomic mass is 9.72. The molecule has 0 bridgehead atoms. The van der Waals surface area contributed by atoms with Crippen LogP contribution < -0.4 is 5.32 Å². The lowest BCUT2D eigenvalue weighted by molar-refractivity contribution is 0.181. The first kappa shape index (κ1) is 14.6. The molecule has 1 aliphatic carbocycles. The number of benzene rings is 1. The van der Waals surface area contributed by atoms with Crippen molar-refractivity contribution < 1.29 is 4.74 Å². The Bertz CT molecular complexity index is 626. The van der Waals surface area contributed by atoms with E-state index in [9.17, 15) is 0 Å². The molecule has 4 nitrogen and oxygen atoms in total. The topological polar surface area (TPSA) is 39.1 Å². The molecule has 2 unspecified atom stereocenters. The fourth-order valence-corrected chi connectivity index (χ4v) is 3.42. The summed E-state index contributed by atoms with van der Waals surface area (Å²) in [6, 6.07) is 8.77. The Morgan fingerprint density at radius 3 is 3.00 bits per heavy atom. The number of halogens is 1. The number of nitrogens with one attached hydrogen (secondary N) is 1. The number of hydrogen-bond acceptors (Lipinski definition) is 3. The first-order valence-corrected chi connectivity index (χ1v) is 7.59. The highest BCUT2D eigenvalue weighted by Crippen LogP contribution is 2.44. The summed E-state index contributed by atoms with van der Waals surface area (Å²) in [6.45, 7) is 1.34. The van der Waals surface area contributed by atoms with E-state index in [1.807, 2.05) is 11.7 Å². The molecular formula is C16H20ClN3O. The van der Waals surface area contributed by atoms with Crippen molar-refractivity contribution >= 4 is 11.6 Å². The van der Waals surface area contributed by atoms with Crippen LogP contribution in [0, 0.1) is 0 Å². The lowest BCUT2D eigenvalue weighted by Gasteiger charge is -2.36. The third-order valence-corrected chi connectivity index (χ3v) is 4.53. The number of rotatable bonds is 6. The molecule has 1 aromatic carbocycles. The lowest BCUT2D eigenvalue weighted by Crippen LogP contribution is -2.33. The van der Waals surface area contributed by atoms with E-state index in [1.54, 1.807) is 13.3 Å². The second-order valence-electron chi connectivity index (χ2n) is 5.37. The molecule has 21 heavy (non-hydrogen) atoms. The predicted molar refractivity (Wildman–Crippen MR) is 83.8 cm³/mol. The Labute approximate surface area is 130 Å². The van der Waals surface area contributed by atoms with E-state index in [2.05, 4.69) is 34.7 Å². The van der Waals surface area contributed by atoms with Gasteiger partial charge in [-0.15, -0.1) is 0 Å². The fourth-order valence-electron chi connectivity index (χ4n) is 3.16. The number of fused-ring (bicyclic) bond motifs is 1. The second kappa shape index (κ2) is 6.18. The van der Waals surface area contributed by atoms with Crippen LogP contribution in [0.15, 0.2) is 30.5 Å². The maximum atomic E-state index is 6.39. The van der Waals surface area contributed by atoms with Gasteiger partial charge in [-0.2, -0.15) is 5.10 Å². The van der Waals surface area contributed by atoms with Crippen LogP contribution in [0.4, 0.5) is 0 Å². The van der Waals surface area contributed by atoms with Gasteiger partial charge in [0.15, 0.2) is 0 Å². The van der Waals surface area contributed by atoms with Gasteiger partial charge in [0, 0.05) is 13.0 Å². The largest absolute Gasteiger partial charge is 0.383 e. The van der Waals surface area contributed by atoms with Crippen molar-refractivity contribution in [3.05, 3.63) is 52.3 Å². The van der Waals surface area contributed by atoms with E-state index in [1.165, 1.54) is 11.1 Å². The van der Waals surface area contributed by atoms with Crippen LogP contribution in [0.1, 0.15) is 28.8 Å². The predicted octanol–water partition coefficient (Wildman–Crippen LogP) is 2.78. The SMILES string of the molecule is CNC(c1c(Cl)cnn1CCOC)C1Cc2ccccc21. The normalized spacial score (nSPS) is 18.1. The van der Waals surface area contributed by atoms with Crippen LogP contribution in [0.3, 0.4) is 0 Å². The average Bonchev–Trinajstić information content (AvgIpc) is 2.84. The molecule has 0 radical (unpaired) electrons. The summed E-state index contributed by atoms with van der Waals surface area (Å²) in [5.74, 6) is 0.446. The summed E-state index contributed by atoms with van der Waals surface area (Å²) < 4.78 is 7.11. The third kappa shape index (κ3) is 2.59. The quantitative estimate of drug-likeness (QED) is 0.892. The summed E-state index contributed by atoms with van der Waals surface area (Å²) in [5.41, 5.74) is 3.89. The molecule has 1 heterocycles. The summed E-state index contributed by atoms with van der Waals surface area (Å²) in [4.78, 5) is 0. The van der Waals surface area contributed by atoms with Crippen LogP contribution in [0.25, 0.3) is 0 Å². The van der Waals surface area contributed by atoms with Crippen molar-refractivity contribution in [2.75, 3.05) is 20.8 Å². The van der Waals surface area contributed by atoms with Crippen LogP contribution >= 0.6 is 11.6 Å². The number of ether oxygens (including phenoxy) is 1. The third-order valence-electron chi connectivity index (χ3n) is 4.24. The Hall–Kier alpha value is -1.36. The van der Waals surface area contributed by atoms with Crippen molar-refractivity contribution in [2.45, 2.75) is 24.9 Å². The molecule has 2 atom stereocenters. The summed E-state index contributed by atoms with van der Waals surface area (Å²) in [7, 11) is 3.68. The summed E-state index contributed by atoms with van der Waals surface area (Å²) >= 11 is 6.39. The van der Waals surface area contributed by atoms with Crippen molar-refractivity contribution in [3.8, 4) is 0 Å². The smallest absolute Gasteiger partial charge is 0.0834 e. The van der Waals surface area contributed by atoms with Gasteiger partial charge in [-0.3, -0.25) is 4.68 Å².